The van der Waals surface area contributed by atoms with Gasteiger partial charge >= 0.3 is 5.97 Å². The molecule has 0 aliphatic rings. The lowest BCUT2D eigenvalue weighted by molar-refractivity contribution is -0.140. The topological polar surface area (TPSA) is 92.9 Å². The van der Waals surface area contributed by atoms with Gasteiger partial charge in [-0.05, 0) is 19.1 Å². The van der Waals surface area contributed by atoms with E-state index in [0.717, 1.165) is 18.0 Å². The van der Waals surface area contributed by atoms with Crippen molar-refractivity contribution in [3.8, 4) is 0 Å². The highest BCUT2D eigenvalue weighted by Gasteiger charge is 2.05. The molecule has 2 aromatic heterocycles. The fourth-order valence-electron chi connectivity index (χ4n) is 1.88. The zero-order chi connectivity index (χ0) is 15.8. The summed E-state index contributed by atoms with van der Waals surface area (Å²) >= 11 is 0. The quantitative estimate of drug-likeness (QED) is 0.454. The second kappa shape index (κ2) is 7.96. The van der Waals surface area contributed by atoms with E-state index in [-0.39, 0.29) is 12.4 Å². The number of fused-ring (bicyclic) bond motifs is 1. The zero-order valence-corrected chi connectivity index (χ0v) is 12.7. The SMILES string of the molecule is CCNC(=NCc1nnc2ccccn12)NCCC(=O)OC. The molecule has 2 N–H and O–H groups in total. The molecular weight excluding hydrogens is 284 g/mol. The second-order valence-electron chi connectivity index (χ2n) is 4.49. The minimum atomic E-state index is -0.258. The number of esters is 1. The van der Waals surface area contributed by atoms with E-state index in [1.54, 1.807) is 0 Å². The molecule has 22 heavy (non-hydrogen) atoms. The summed E-state index contributed by atoms with van der Waals surface area (Å²) in [5, 5.41) is 14.4. The molecule has 0 saturated carbocycles. The normalized spacial score (nSPS) is 11.5. The fraction of sp³-hybridized carbons (Fsp3) is 0.429. The Bertz CT molecular complexity index is 652. The molecule has 2 heterocycles. The molecule has 0 amide bonds. The van der Waals surface area contributed by atoms with Crippen LogP contribution >= 0.6 is 0 Å². The van der Waals surface area contributed by atoms with E-state index in [1.165, 1.54) is 7.11 Å². The highest BCUT2D eigenvalue weighted by atomic mass is 16.5. The molecule has 0 spiro atoms. The maximum atomic E-state index is 11.1. The summed E-state index contributed by atoms with van der Waals surface area (Å²) in [5.74, 6) is 1.12. The fourth-order valence-corrected chi connectivity index (χ4v) is 1.88. The Labute approximate surface area is 128 Å². The summed E-state index contributed by atoms with van der Waals surface area (Å²) in [6.07, 6.45) is 2.19. The molecule has 2 aromatic rings. The number of nitrogens with one attached hydrogen (secondary N) is 2. The molecule has 0 bridgehead atoms. The van der Waals surface area contributed by atoms with Gasteiger partial charge in [0.25, 0.3) is 0 Å². The van der Waals surface area contributed by atoms with Crippen molar-refractivity contribution in [1.82, 2.24) is 25.2 Å². The van der Waals surface area contributed by atoms with Crippen molar-refractivity contribution in [1.29, 1.82) is 0 Å². The zero-order valence-electron chi connectivity index (χ0n) is 12.7. The van der Waals surface area contributed by atoms with Crippen LogP contribution in [0, 0.1) is 0 Å². The van der Waals surface area contributed by atoms with Gasteiger partial charge < -0.3 is 15.4 Å². The van der Waals surface area contributed by atoms with Crippen LogP contribution in [0.3, 0.4) is 0 Å². The molecule has 0 aromatic carbocycles. The third-order valence-electron chi connectivity index (χ3n) is 2.96. The van der Waals surface area contributed by atoms with Crippen molar-refractivity contribution in [2.75, 3.05) is 20.2 Å². The van der Waals surface area contributed by atoms with Crippen molar-refractivity contribution in [2.45, 2.75) is 19.9 Å². The van der Waals surface area contributed by atoms with Gasteiger partial charge in [-0.1, -0.05) is 6.07 Å². The van der Waals surface area contributed by atoms with Crippen molar-refractivity contribution in [2.24, 2.45) is 4.99 Å². The monoisotopic (exact) mass is 304 g/mol. The maximum Gasteiger partial charge on any atom is 0.307 e. The predicted molar refractivity (Wildman–Crippen MR) is 82.4 cm³/mol. The van der Waals surface area contributed by atoms with Gasteiger partial charge in [0.2, 0.25) is 0 Å². The number of methoxy groups -OCH3 is 1. The highest BCUT2D eigenvalue weighted by molar-refractivity contribution is 5.80. The van der Waals surface area contributed by atoms with E-state index in [1.807, 2.05) is 35.7 Å². The lowest BCUT2D eigenvalue weighted by Gasteiger charge is -2.10. The van der Waals surface area contributed by atoms with E-state index in [2.05, 4.69) is 30.6 Å². The Morgan fingerprint density at radius 1 is 1.36 bits per heavy atom. The number of rotatable bonds is 6. The van der Waals surface area contributed by atoms with Crippen LogP contribution in [0.1, 0.15) is 19.2 Å². The first kappa shape index (κ1) is 15.7. The van der Waals surface area contributed by atoms with E-state index < -0.39 is 0 Å². The van der Waals surface area contributed by atoms with Crippen LogP contribution in [0.5, 0.6) is 0 Å². The summed E-state index contributed by atoms with van der Waals surface area (Å²) in [4.78, 5) is 15.5. The van der Waals surface area contributed by atoms with Crippen molar-refractivity contribution in [3.63, 3.8) is 0 Å². The Balaban J connectivity index is 1.98. The Kier molecular flexibility index (Phi) is 5.70. The molecule has 0 aliphatic carbocycles. The molecular formula is C14H20N6O2. The largest absolute Gasteiger partial charge is 0.469 e. The first-order valence-corrected chi connectivity index (χ1v) is 7.12. The van der Waals surface area contributed by atoms with Crippen LogP contribution < -0.4 is 10.6 Å². The predicted octanol–water partition coefficient (Wildman–Crippen LogP) is 0.348. The van der Waals surface area contributed by atoms with Crippen LogP contribution in [-0.4, -0.2) is 46.7 Å². The van der Waals surface area contributed by atoms with Gasteiger partial charge in [-0.25, -0.2) is 4.99 Å². The number of pyridine rings is 1. The smallest absolute Gasteiger partial charge is 0.307 e. The van der Waals surface area contributed by atoms with Crippen LogP contribution in [0.2, 0.25) is 0 Å². The molecule has 0 radical (unpaired) electrons. The number of aromatic nitrogens is 3. The van der Waals surface area contributed by atoms with E-state index >= 15 is 0 Å². The number of hydrogen-bond acceptors (Lipinski definition) is 5. The molecule has 118 valence electrons. The maximum absolute atomic E-state index is 11.1. The van der Waals surface area contributed by atoms with Crippen molar-refractivity contribution < 1.29 is 9.53 Å². The third kappa shape index (κ3) is 4.18. The Morgan fingerprint density at radius 3 is 3.00 bits per heavy atom. The number of aliphatic imine (C=N–C) groups is 1. The number of hydrogen-bond donors (Lipinski definition) is 2. The minimum absolute atomic E-state index is 0.258. The van der Waals surface area contributed by atoms with Gasteiger partial charge in [0.1, 0.15) is 6.54 Å². The molecule has 8 nitrogen and oxygen atoms in total. The summed E-state index contributed by atoms with van der Waals surface area (Å²) in [6, 6.07) is 5.72. The first-order chi connectivity index (χ1) is 10.7. The van der Waals surface area contributed by atoms with Gasteiger partial charge in [0, 0.05) is 19.3 Å². The number of carbonyl (C=O) groups excluding carboxylic acids is 1. The average molecular weight is 304 g/mol. The first-order valence-electron chi connectivity index (χ1n) is 7.12. The molecule has 0 saturated heterocycles. The number of carbonyl (C=O) groups is 1. The van der Waals surface area contributed by atoms with Crippen LogP contribution in [0.4, 0.5) is 0 Å². The summed E-state index contributed by atoms with van der Waals surface area (Å²) in [7, 11) is 1.37. The average Bonchev–Trinajstić information content (AvgIpc) is 2.95. The molecule has 0 fully saturated rings. The number of guanidine groups is 1. The minimum Gasteiger partial charge on any atom is -0.469 e. The Hall–Kier alpha value is -2.64. The van der Waals surface area contributed by atoms with Crippen molar-refractivity contribution in [3.05, 3.63) is 30.2 Å². The summed E-state index contributed by atoms with van der Waals surface area (Å²) in [6.45, 7) is 3.55. The lowest BCUT2D eigenvalue weighted by Crippen LogP contribution is -2.38. The standard InChI is InChI=1S/C14H20N6O2/c1-3-15-14(16-8-7-13(21)22-2)17-10-12-19-18-11-6-4-5-9-20(11)12/h4-6,9H,3,7-8,10H2,1-2H3,(H2,15,16,17). The molecule has 8 heteroatoms. The molecule has 0 unspecified atom stereocenters. The van der Waals surface area contributed by atoms with Gasteiger partial charge in [-0.3, -0.25) is 9.20 Å². The number of nitrogens with zero attached hydrogens (tertiary/aromatic N) is 4. The van der Waals surface area contributed by atoms with Crippen molar-refractivity contribution >= 4 is 17.6 Å². The van der Waals surface area contributed by atoms with Gasteiger partial charge in [0.05, 0.1) is 13.5 Å². The summed E-state index contributed by atoms with van der Waals surface area (Å²) in [5.41, 5.74) is 0.788. The van der Waals surface area contributed by atoms with Gasteiger partial charge in [-0.2, -0.15) is 0 Å². The van der Waals surface area contributed by atoms with Gasteiger partial charge in [-0.15, -0.1) is 10.2 Å². The molecule has 0 atom stereocenters. The second-order valence-corrected chi connectivity index (χ2v) is 4.49. The van der Waals surface area contributed by atoms with Gasteiger partial charge in [0.15, 0.2) is 17.4 Å². The van der Waals surface area contributed by atoms with E-state index in [4.69, 9.17) is 0 Å². The molecule has 2 rings (SSSR count). The highest BCUT2D eigenvalue weighted by Crippen LogP contribution is 2.03. The van der Waals surface area contributed by atoms with Crippen LogP contribution in [-0.2, 0) is 16.1 Å². The number of ether oxygens (including phenoxy) is 1. The molecule has 0 aliphatic heterocycles. The third-order valence-corrected chi connectivity index (χ3v) is 2.96. The lowest BCUT2D eigenvalue weighted by atomic mass is 10.4. The van der Waals surface area contributed by atoms with Crippen LogP contribution in [0.25, 0.3) is 5.65 Å². The van der Waals surface area contributed by atoms with E-state index in [9.17, 15) is 4.79 Å². The Morgan fingerprint density at radius 2 is 2.23 bits per heavy atom. The van der Waals surface area contributed by atoms with E-state index in [0.29, 0.717) is 19.0 Å². The van der Waals surface area contributed by atoms with Crippen LogP contribution in [0.15, 0.2) is 29.4 Å². The summed E-state index contributed by atoms with van der Waals surface area (Å²) < 4.78 is 6.49.